The number of benzene rings is 4. The maximum Gasteiger partial charge on any atom is 0.416 e. The molecular weight excluding hydrogens is 829 g/mol. The molecule has 0 saturated carbocycles. The smallest absolute Gasteiger partial charge is 0.399 e. The number of hydrogen-bond acceptors (Lipinski definition) is 7. The number of carbonyl (C=O) groups is 3. The number of nitrogen functional groups attached to an aromatic ring is 2. The Morgan fingerprint density at radius 2 is 1.30 bits per heavy atom. The fourth-order valence-electron chi connectivity index (χ4n) is 8.27. The molecule has 18 heteroatoms. The number of alkyl halides is 6. The van der Waals surface area contributed by atoms with Gasteiger partial charge in [0.2, 0.25) is 0 Å². The summed E-state index contributed by atoms with van der Waals surface area (Å²) in [6.07, 6.45) is -8.12. The van der Waals surface area contributed by atoms with E-state index < -0.39 is 41.6 Å². The molecular formula is C45H48F6N9O3+. The van der Waals surface area contributed by atoms with Crippen molar-refractivity contribution < 1.29 is 45.2 Å². The van der Waals surface area contributed by atoms with E-state index >= 15 is 0 Å². The van der Waals surface area contributed by atoms with Gasteiger partial charge in [-0.3, -0.25) is 14.5 Å². The minimum atomic E-state index is -4.65. The minimum absolute atomic E-state index is 0.00148. The van der Waals surface area contributed by atoms with Crippen molar-refractivity contribution in [3.05, 3.63) is 142 Å². The van der Waals surface area contributed by atoms with Gasteiger partial charge in [0.25, 0.3) is 11.8 Å². The van der Waals surface area contributed by atoms with E-state index in [9.17, 15) is 40.7 Å². The molecule has 0 saturated heterocycles. The Morgan fingerprint density at radius 3 is 1.90 bits per heavy atom. The quantitative estimate of drug-likeness (QED) is 0.0517. The highest BCUT2D eigenvalue weighted by molar-refractivity contribution is 6.07. The van der Waals surface area contributed by atoms with Crippen LogP contribution in [0.25, 0.3) is 0 Å². The first-order chi connectivity index (χ1) is 29.7. The van der Waals surface area contributed by atoms with E-state index in [2.05, 4.69) is 10.6 Å². The Bertz CT molecular complexity index is 2450. The van der Waals surface area contributed by atoms with Crippen LogP contribution < -0.4 is 32.7 Å². The van der Waals surface area contributed by atoms with Gasteiger partial charge < -0.3 is 42.1 Å². The molecule has 7 rings (SSSR count). The monoisotopic (exact) mass is 876 g/mol. The van der Waals surface area contributed by atoms with Crippen molar-refractivity contribution in [2.75, 3.05) is 75.0 Å². The topological polar surface area (TPSA) is 163 Å². The SMILES string of the molecule is C[N+](C)(CCCN1CC(Nc2cccc(C(F)(F)F)c2)=C([C@H](N)c2ccc(N)cc2)C1=O)CCCN1CC2=C(C1=O)[C@@H](c1ccc(N)cc1)NC(=O)N2c1cccc(C(F)(F)F)c1. The van der Waals surface area contributed by atoms with Gasteiger partial charge in [-0.2, -0.15) is 26.3 Å². The number of quaternary nitrogens is 1. The maximum absolute atomic E-state index is 14.2. The summed E-state index contributed by atoms with van der Waals surface area (Å²) < 4.78 is 82.3. The van der Waals surface area contributed by atoms with Crippen molar-refractivity contribution in [3.63, 3.8) is 0 Å². The first-order valence-corrected chi connectivity index (χ1v) is 20.3. The average Bonchev–Trinajstić information content (AvgIpc) is 3.71. The third-order valence-corrected chi connectivity index (χ3v) is 11.6. The van der Waals surface area contributed by atoms with Gasteiger partial charge in [-0.1, -0.05) is 36.4 Å². The number of amides is 4. The van der Waals surface area contributed by atoms with E-state index in [0.29, 0.717) is 70.9 Å². The number of urea groups is 1. The van der Waals surface area contributed by atoms with Crippen LogP contribution >= 0.6 is 0 Å². The third kappa shape index (κ3) is 9.76. The second-order valence-corrected chi connectivity index (χ2v) is 16.6. The van der Waals surface area contributed by atoms with Crippen molar-refractivity contribution in [1.29, 1.82) is 0 Å². The van der Waals surface area contributed by atoms with Crippen LogP contribution in [0.5, 0.6) is 0 Å². The molecule has 0 bridgehead atoms. The summed E-state index contributed by atoms with van der Waals surface area (Å²) >= 11 is 0. The second-order valence-electron chi connectivity index (χ2n) is 16.6. The number of hydrogen-bond donors (Lipinski definition) is 5. The van der Waals surface area contributed by atoms with Crippen LogP contribution in [0.1, 0.15) is 47.2 Å². The highest BCUT2D eigenvalue weighted by Crippen LogP contribution is 2.41. The molecule has 0 unspecified atom stereocenters. The zero-order valence-electron chi connectivity index (χ0n) is 34.6. The van der Waals surface area contributed by atoms with Crippen LogP contribution in [-0.2, 0) is 21.9 Å². The Balaban J connectivity index is 1.01. The summed E-state index contributed by atoms with van der Waals surface area (Å²) in [4.78, 5) is 46.1. The Hall–Kier alpha value is -6.53. The lowest BCUT2D eigenvalue weighted by Gasteiger charge is -2.34. The van der Waals surface area contributed by atoms with E-state index in [0.717, 1.165) is 29.2 Å². The highest BCUT2D eigenvalue weighted by atomic mass is 19.4. The molecule has 3 heterocycles. The molecule has 0 fully saturated rings. The van der Waals surface area contributed by atoms with Crippen LogP contribution in [-0.4, -0.2) is 85.5 Å². The van der Waals surface area contributed by atoms with E-state index in [1.54, 1.807) is 58.3 Å². The molecule has 4 aromatic rings. The van der Waals surface area contributed by atoms with Crippen LogP contribution in [0.3, 0.4) is 0 Å². The number of carbonyl (C=O) groups excluding carboxylic acids is 3. The predicted molar refractivity (Wildman–Crippen MR) is 227 cm³/mol. The minimum Gasteiger partial charge on any atom is -0.399 e. The lowest BCUT2D eigenvalue weighted by molar-refractivity contribution is -0.890. The van der Waals surface area contributed by atoms with Crippen LogP contribution in [0.2, 0.25) is 0 Å². The van der Waals surface area contributed by atoms with Gasteiger partial charge in [0.15, 0.2) is 0 Å². The number of nitrogens with two attached hydrogens (primary N) is 3. The van der Waals surface area contributed by atoms with Gasteiger partial charge in [-0.25, -0.2) is 4.79 Å². The van der Waals surface area contributed by atoms with Crippen LogP contribution in [0.15, 0.2) is 120 Å². The van der Waals surface area contributed by atoms with E-state index in [1.165, 1.54) is 24.3 Å². The van der Waals surface area contributed by atoms with Crippen molar-refractivity contribution in [3.8, 4) is 0 Å². The standard InChI is InChI=1S/C45H47F6N9O3/c1-60(2,21-5-19-57-25-35(55-33-9-3-7-29(23-33)44(46,47)48)37(41(57)61)39(54)27-11-15-31(52)16-12-27)22-6-20-58-26-36-38(42(58)62)40(28-13-17-32(53)18-14-28)56-43(63)59(36)34-10-4-8-30(24-34)45(49,50)51/h3-4,7-18,23-24,39-40H,5-6,19-22,25-26,52-54H2,1-2H3,(H-,55,56,61,63)/p+1/t39-,40-/m1/s1. The largest absolute Gasteiger partial charge is 0.416 e. The van der Waals surface area contributed by atoms with Gasteiger partial charge in [-0.15, -0.1) is 0 Å². The summed E-state index contributed by atoms with van der Waals surface area (Å²) in [5, 5.41) is 5.86. The normalized spacial score (nSPS) is 17.8. The lowest BCUT2D eigenvalue weighted by atomic mass is 9.95. The summed E-state index contributed by atoms with van der Waals surface area (Å²) in [5.41, 5.74) is 20.1. The Labute approximate surface area is 360 Å². The van der Waals surface area contributed by atoms with Crippen molar-refractivity contribution >= 4 is 40.6 Å². The fraction of sp³-hybridized carbons (Fsp3) is 0.311. The molecule has 0 radical (unpaired) electrons. The zero-order valence-corrected chi connectivity index (χ0v) is 34.6. The Kier molecular flexibility index (Phi) is 12.2. The van der Waals surface area contributed by atoms with Crippen molar-refractivity contribution in [2.24, 2.45) is 5.73 Å². The highest BCUT2D eigenvalue weighted by Gasteiger charge is 2.45. The third-order valence-electron chi connectivity index (χ3n) is 11.6. The molecule has 332 valence electrons. The summed E-state index contributed by atoms with van der Waals surface area (Å²) in [6, 6.07) is 20.1. The molecule has 4 amide bonds. The molecule has 4 aromatic carbocycles. The van der Waals surface area contributed by atoms with Gasteiger partial charge in [0.1, 0.15) is 0 Å². The van der Waals surface area contributed by atoms with Crippen LogP contribution in [0.4, 0.5) is 53.9 Å². The molecule has 3 aliphatic heterocycles. The fourth-order valence-corrected chi connectivity index (χ4v) is 8.27. The summed E-state index contributed by atoms with van der Waals surface area (Å²) in [6.45, 7) is 1.93. The number of nitrogens with zero attached hydrogens (tertiary/aromatic N) is 4. The van der Waals surface area contributed by atoms with E-state index in [4.69, 9.17) is 17.2 Å². The van der Waals surface area contributed by atoms with Gasteiger partial charge in [0, 0.05) is 48.7 Å². The number of nitrogens with one attached hydrogen (secondary N) is 2. The van der Waals surface area contributed by atoms with Crippen molar-refractivity contribution in [2.45, 2.75) is 37.3 Å². The molecule has 0 aromatic heterocycles. The molecule has 12 nitrogen and oxygen atoms in total. The summed E-state index contributed by atoms with van der Waals surface area (Å²) in [7, 11) is 4.02. The second kappa shape index (κ2) is 17.3. The number of anilines is 4. The van der Waals surface area contributed by atoms with Crippen LogP contribution in [0, 0.1) is 0 Å². The molecule has 2 atom stereocenters. The molecule has 3 aliphatic rings. The Morgan fingerprint density at radius 1 is 0.746 bits per heavy atom. The van der Waals surface area contributed by atoms with Gasteiger partial charge >= 0.3 is 18.4 Å². The summed E-state index contributed by atoms with van der Waals surface area (Å²) in [5.74, 6) is -0.691. The number of halogens is 6. The molecule has 63 heavy (non-hydrogen) atoms. The van der Waals surface area contributed by atoms with Gasteiger partial charge in [0.05, 0.1) is 86.0 Å². The molecule has 0 spiro atoms. The number of rotatable bonds is 14. The molecule has 8 N–H and O–H groups in total. The van der Waals surface area contributed by atoms with E-state index in [-0.39, 0.29) is 54.0 Å². The zero-order chi connectivity index (χ0) is 45.4. The van der Waals surface area contributed by atoms with Crippen molar-refractivity contribution in [1.82, 2.24) is 15.1 Å². The first-order valence-electron chi connectivity index (χ1n) is 20.3. The maximum atomic E-state index is 14.2. The van der Waals surface area contributed by atoms with Gasteiger partial charge in [-0.05, 0) is 71.8 Å². The molecule has 0 aliphatic carbocycles. The first kappa shape index (κ1) is 44.5. The lowest BCUT2D eigenvalue weighted by Crippen LogP contribution is -2.47. The van der Waals surface area contributed by atoms with E-state index in [1.807, 2.05) is 14.1 Å². The predicted octanol–water partition coefficient (Wildman–Crippen LogP) is 7.02. The average molecular weight is 877 g/mol.